The third-order valence-electron chi connectivity index (χ3n) is 4.01. The summed E-state index contributed by atoms with van der Waals surface area (Å²) in [6.07, 6.45) is 0. The topological polar surface area (TPSA) is 83.5 Å². The number of benzene rings is 3. The average Bonchev–Trinajstić information content (AvgIpc) is 2.67. The first-order valence-electron chi connectivity index (χ1n) is 8.03. The summed E-state index contributed by atoms with van der Waals surface area (Å²) in [5.41, 5.74) is 2.64. The third kappa shape index (κ3) is 4.74. The molecule has 0 radical (unpaired) electrons. The van der Waals surface area contributed by atoms with Crippen LogP contribution in [0.1, 0.15) is 15.9 Å². The molecular formula is C20H16ClNO4S. The lowest BCUT2D eigenvalue weighted by molar-refractivity contribution is 0.0697. The number of hydrogen-bond donors (Lipinski definition) is 2. The first-order valence-corrected chi connectivity index (χ1v) is 9.89. The number of nitrogens with one attached hydrogen (secondary N) is 1. The van der Waals surface area contributed by atoms with Crippen LogP contribution in [0.2, 0.25) is 5.02 Å². The predicted octanol–water partition coefficient (Wildman–Crippen LogP) is 4.18. The second kappa shape index (κ2) is 7.92. The maximum atomic E-state index is 12.5. The van der Waals surface area contributed by atoms with Gasteiger partial charge in [-0.3, -0.25) is 0 Å². The molecule has 0 saturated carbocycles. The molecule has 0 unspecified atom stereocenters. The average molecular weight is 402 g/mol. The van der Waals surface area contributed by atoms with Crippen LogP contribution >= 0.6 is 11.6 Å². The Hall–Kier alpha value is -2.67. The van der Waals surface area contributed by atoms with Crippen LogP contribution in [0, 0.1) is 0 Å². The van der Waals surface area contributed by atoms with Crippen LogP contribution in [0.4, 0.5) is 0 Å². The van der Waals surface area contributed by atoms with Crippen LogP contribution in [0.5, 0.6) is 0 Å². The van der Waals surface area contributed by atoms with Gasteiger partial charge in [-0.25, -0.2) is 17.9 Å². The minimum atomic E-state index is -3.68. The summed E-state index contributed by atoms with van der Waals surface area (Å²) in [6, 6.07) is 19.9. The number of sulfonamides is 1. The summed E-state index contributed by atoms with van der Waals surface area (Å²) < 4.78 is 27.4. The number of carboxylic acid groups (broad SMARTS) is 1. The molecule has 0 bridgehead atoms. The van der Waals surface area contributed by atoms with Crippen molar-refractivity contribution in [1.82, 2.24) is 4.72 Å². The van der Waals surface area contributed by atoms with E-state index >= 15 is 0 Å². The van der Waals surface area contributed by atoms with E-state index in [1.54, 1.807) is 48.5 Å². The van der Waals surface area contributed by atoms with Gasteiger partial charge in [0.15, 0.2) is 0 Å². The molecule has 2 N–H and O–H groups in total. The molecule has 0 amide bonds. The lowest BCUT2D eigenvalue weighted by Crippen LogP contribution is -2.23. The van der Waals surface area contributed by atoms with Crippen molar-refractivity contribution in [2.75, 3.05) is 0 Å². The summed E-state index contributed by atoms with van der Waals surface area (Å²) in [4.78, 5) is 11.0. The molecule has 0 fully saturated rings. The van der Waals surface area contributed by atoms with Crippen LogP contribution in [0.15, 0.2) is 77.7 Å². The van der Waals surface area contributed by atoms with Gasteiger partial charge in [-0.15, -0.1) is 0 Å². The maximum absolute atomic E-state index is 12.5. The van der Waals surface area contributed by atoms with E-state index in [4.69, 9.17) is 16.7 Å². The number of aromatic carboxylic acids is 1. The van der Waals surface area contributed by atoms with Crippen molar-refractivity contribution >= 4 is 27.6 Å². The molecule has 0 spiro atoms. The molecule has 0 saturated heterocycles. The van der Waals surface area contributed by atoms with Gasteiger partial charge in [0, 0.05) is 11.6 Å². The minimum Gasteiger partial charge on any atom is -0.478 e. The highest BCUT2D eigenvalue weighted by Gasteiger charge is 2.14. The number of carbonyl (C=O) groups is 1. The fraction of sp³-hybridized carbons (Fsp3) is 0.0500. The Labute approximate surface area is 162 Å². The van der Waals surface area contributed by atoms with E-state index in [2.05, 4.69) is 4.72 Å². The van der Waals surface area contributed by atoms with Crippen molar-refractivity contribution in [3.8, 4) is 11.1 Å². The quantitative estimate of drug-likeness (QED) is 0.648. The first-order chi connectivity index (χ1) is 12.8. The van der Waals surface area contributed by atoms with Crippen LogP contribution in [-0.2, 0) is 16.6 Å². The molecule has 0 aliphatic heterocycles. The zero-order valence-electron chi connectivity index (χ0n) is 14.1. The normalized spacial score (nSPS) is 11.3. The van der Waals surface area contributed by atoms with Gasteiger partial charge in [0.2, 0.25) is 10.0 Å². The Balaban J connectivity index is 1.71. The number of hydrogen-bond acceptors (Lipinski definition) is 3. The molecule has 3 rings (SSSR count). The molecular weight excluding hydrogens is 386 g/mol. The SMILES string of the molecule is O=C(O)c1ccc(CNS(=O)(=O)c2ccc(-c3ccc(Cl)cc3)cc2)cc1. The summed E-state index contributed by atoms with van der Waals surface area (Å²) in [7, 11) is -3.68. The van der Waals surface area contributed by atoms with Gasteiger partial charge in [-0.05, 0) is 53.1 Å². The Morgan fingerprint density at radius 3 is 1.89 bits per heavy atom. The van der Waals surface area contributed by atoms with E-state index in [0.29, 0.717) is 10.6 Å². The van der Waals surface area contributed by atoms with E-state index in [1.807, 2.05) is 12.1 Å². The second-order valence-corrected chi connectivity index (χ2v) is 8.06. The molecule has 0 aliphatic carbocycles. The van der Waals surface area contributed by atoms with Crippen molar-refractivity contribution in [1.29, 1.82) is 0 Å². The molecule has 3 aromatic rings. The largest absolute Gasteiger partial charge is 0.478 e. The monoisotopic (exact) mass is 401 g/mol. The molecule has 138 valence electrons. The van der Waals surface area contributed by atoms with E-state index in [1.165, 1.54) is 12.1 Å². The van der Waals surface area contributed by atoms with Gasteiger partial charge in [0.1, 0.15) is 0 Å². The summed E-state index contributed by atoms with van der Waals surface area (Å²) >= 11 is 5.88. The summed E-state index contributed by atoms with van der Waals surface area (Å²) in [5.74, 6) is -1.03. The van der Waals surface area contributed by atoms with Crippen molar-refractivity contribution < 1.29 is 18.3 Å². The molecule has 0 aliphatic rings. The Morgan fingerprint density at radius 2 is 1.37 bits per heavy atom. The molecule has 0 atom stereocenters. The zero-order valence-corrected chi connectivity index (χ0v) is 15.7. The number of halogens is 1. The van der Waals surface area contributed by atoms with Crippen LogP contribution in [-0.4, -0.2) is 19.5 Å². The lowest BCUT2D eigenvalue weighted by atomic mass is 10.1. The van der Waals surface area contributed by atoms with Crippen molar-refractivity contribution in [2.45, 2.75) is 11.4 Å². The Kier molecular flexibility index (Phi) is 5.60. The van der Waals surface area contributed by atoms with Crippen LogP contribution < -0.4 is 4.72 Å². The Bertz CT molecular complexity index is 1040. The summed E-state index contributed by atoms with van der Waals surface area (Å²) in [5, 5.41) is 9.52. The zero-order chi connectivity index (χ0) is 19.4. The van der Waals surface area contributed by atoms with E-state index in [-0.39, 0.29) is 17.0 Å². The molecule has 0 heterocycles. The van der Waals surface area contributed by atoms with E-state index in [0.717, 1.165) is 11.1 Å². The van der Waals surface area contributed by atoms with Crippen molar-refractivity contribution in [2.24, 2.45) is 0 Å². The van der Waals surface area contributed by atoms with Gasteiger partial charge in [-0.2, -0.15) is 0 Å². The maximum Gasteiger partial charge on any atom is 0.335 e. The Morgan fingerprint density at radius 1 is 0.852 bits per heavy atom. The highest BCUT2D eigenvalue weighted by atomic mass is 35.5. The van der Waals surface area contributed by atoms with E-state index in [9.17, 15) is 13.2 Å². The van der Waals surface area contributed by atoms with Crippen LogP contribution in [0.25, 0.3) is 11.1 Å². The fourth-order valence-electron chi connectivity index (χ4n) is 2.50. The number of carboxylic acids is 1. The van der Waals surface area contributed by atoms with E-state index < -0.39 is 16.0 Å². The highest BCUT2D eigenvalue weighted by molar-refractivity contribution is 7.89. The molecule has 0 aromatic heterocycles. The predicted molar refractivity (Wildman–Crippen MR) is 104 cm³/mol. The molecule has 7 heteroatoms. The molecule has 5 nitrogen and oxygen atoms in total. The molecule has 3 aromatic carbocycles. The van der Waals surface area contributed by atoms with Crippen molar-refractivity contribution in [3.63, 3.8) is 0 Å². The first kappa shape index (κ1) is 19.1. The van der Waals surface area contributed by atoms with Gasteiger partial charge in [-0.1, -0.05) is 48.0 Å². The standard InChI is InChI=1S/C20H16ClNO4S/c21-18-9-5-15(6-10-18)16-7-11-19(12-8-16)27(25,26)22-13-14-1-3-17(4-2-14)20(23)24/h1-12,22H,13H2,(H,23,24). The van der Waals surface area contributed by atoms with Crippen LogP contribution in [0.3, 0.4) is 0 Å². The minimum absolute atomic E-state index is 0.0706. The lowest BCUT2D eigenvalue weighted by Gasteiger charge is -2.08. The summed E-state index contributed by atoms with van der Waals surface area (Å²) in [6.45, 7) is 0.0706. The third-order valence-corrected chi connectivity index (χ3v) is 5.68. The van der Waals surface area contributed by atoms with Gasteiger partial charge < -0.3 is 5.11 Å². The molecule has 27 heavy (non-hydrogen) atoms. The smallest absolute Gasteiger partial charge is 0.335 e. The fourth-order valence-corrected chi connectivity index (χ4v) is 3.64. The highest BCUT2D eigenvalue weighted by Crippen LogP contribution is 2.23. The second-order valence-electron chi connectivity index (χ2n) is 5.86. The van der Waals surface area contributed by atoms with Crippen molar-refractivity contribution in [3.05, 3.63) is 88.9 Å². The van der Waals surface area contributed by atoms with Gasteiger partial charge >= 0.3 is 5.97 Å². The van der Waals surface area contributed by atoms with Gasteiger partial charge in [0.05, 0.1) is 10.5 Å². The number of rotatable bonds is 6. The van der Waals surface area contributed by atoms with Gasteiger partial charge in [0.25, 0.3) is 0 Å².